The van der Waals surface area contributed by atoms with Crippen molar-refractivity contribution in [2.24, 2.45) is 11.7 Å². The maximum absolute atomic E-state index is 5.58. The third kappa shape index (κ3) is 2.46. The summed E-state index contributed by atoms with van der Waals surface area (Å²) >= 11 is 0. The average molecular weight is 189 g/mol. The van der Waals surface area contributed by atoms with Crippen LogP contribution in [0.3, 0.4) is 0 Å². The highest BCUT2D eigenvalue weighted by Gasteiger charge is 2.07. The van der Waals surface area contributed by atoms with Gasteiger partial charge in [-0.15, -0.1) is 0 Å². The van der Waals surface area contributed by atoms with Crippen molar-refractivity contribution < 1.29 is 0 Å². The van der Waals surface area contributed by atoms with Crippen LogP contribution in [0.15, 0.2) is 30.8 Å². The van der Waals surface area contributed by atoms with Gasteiger partial charge in [0.15, 0.2) is 0 Å². The van der Waals surface area contributed by atoms with E-state index in [1.807, 2.05) is 0 Å². The number of benzene rings is 1. The first-order chi connectivity index (χ1) is 6.66. The zero-order chi connectivity index (χ0) is 10.6. The topological polar surface area (TPSA) is 26.0 Å². The Balaban J connectivity index is 3.00. The molecule has 0 radical (unpaired) electrons. The summed E-state index contributed by atoms with van der Waals surface area (Å²) in [6.07, 6.45) is 0.932. The number of hydrogen-bond acceptors (Lipinski definition) is 1. The highest BCUT2D eigenvalue weighted by atomic mass is 14.5. The fourth-order valence-corrected chi connectivity index (χ4v) is 1.52. The molecule has 0 aliphatic rings. The average Bonchev–Trinajstić information content (AvgIpc) is 2.18. The largest absolute Gasteiger partial charge is 0.330 e. The van der Waals surface area contributed by atoms with Crippen molar-refractivity contribution in [3.63, 3.8) is 0 Å². The minimum absolute atomic E-state index is 0.494. The van der Waals surface area contributed by atoms with E-state index in [1.54, 1.807) is 0 Å². The molecule has 0 aliphatic carbocycles. The monoisotopic (exact) mass is 189 g/mol. The SMILES string of the molecule is C=C(c1ccccc1CCN)C(C)C. The van der Waals surface area contributed by atoms with Crippen LogP contribution in [-0.2, 0) is 6.42 Å². The standard InChI is InChI=1S/C13H19N/c1-10(2)11(3)13-7-5-4-6-12(13)8-9-14/h4-7,10H,3,8-9,14H2,1-2H3. The number of nitrogens with two attached hydrogens (primary N) is 1. The van der Waals surface area contributed by atoms with Crippen molar-refractivity contribution in [3.05, 3.63) is 42.0 Å². The lowest BCUT2D eigenvalue weighted by Crippen LogP contribution is -2.06. The molecule has 0 fully saturated rings. The van der Waals surface area contributed by atoms with Crippen molar-refractivity contribution in [3.8, 4) is 0 Å². The Morgan fingerprint density at radius 1 is 1.36 bits per heavy atom. The van der Waals surface area contributed by atoms with Gasteiger partial charge in [-0.25, -0.2) is 0 Å². The molecular formula is C13H19N. The molecule has 0 atom stereocenters. The van der Waals surface area contributed by atoms with E-state index in [2.05, 4.69) is 44.7 Å². The molecule has 0 unspecified atom stereocenters. The molecule has 0 heterocycles. The van der Waals surface area contributed by atoms with Crippen LogP contribution < -0.4 is 5.73 Å². The molecule has 0 bridgehead atoms. The zero-order valence-electron chi connectivity index (χ0n) is 9.09. The Kier molecular flexibility index (Phi) is 3.90. The fraction of sp³-hybridized carbons (Fsp3) is 0.385. The van der Waals surface area contributed by atoms with Crippen molar-refractivity contribution >= 4 is 5.57 Å². The smallest absolute Gasteiger partial charge is 0.00365 e. The summed E-state index contributed by atoms with van der Waals surface area (Å²) in [4.78, 5) is 0. The van der Waals surface area contributed by atoms with Crippen molar-refractivity contribution in [2.45, 2.75) is 20.3 Å². The predicted molar refractivity (Wildman–Crippen MR) is 63.1 cm³/mol. The Morgan fingerprint density at radius 2 is 2.00 bits per heavy atom. The third-order valence-corrected chi connectivity index (χ3v) is 2.47. The van der Waals surface area contributed by atoms with E-state index in [0.717, 1.165) is 6.42 Å². The second-order valence-electron chi connectivity index (χ2n) is 3.88. The molecule has 0 aliphatic heterocycles. The molecule has 1 nitrogen and oxygen atoms in total. The molecule has 0 aromatic heterocycles. The Morgan fingerprint density at radius 3 is 2.57 bits per heavy atom. The van der Waals surface area contributed by atoms with E-state index in [1.165, 1.54) is 16.7 Å². The summed E-state index contributed by atoms with van der Waals surface area (Å²) in [6, 6.07) is 8.38. The van der Waals surface area contributed by atoms with E-state index in [4.69, 9.17) is 5.73 Å². The molecule has 1 heteroatoms. The van der Waals surface area contributed by atoms with Gasteiger partial charge in [0.1, 0.15) is 0 Å². The van der Waals surface area contributed by atoms with Crippen LogP contribution in [0.5, 0.6) is 0 Å². The lowest BCUT2D eigenvalue weighted by molar-refractivity contribution is 0.852. The quantitative estimate of drug-likeness (QED) is 0.774. The number of allylic oxidation sites excluding steroid dienone is 1. The van der Waals surface area contributed by atoms with Gasteiger partial charge in [0.05, 0.1) is 0 Å². The molecule has 0 spiro atoms. The summed E-state index contributed by atoms with van der Waals surface area (Å²) in [5.41, 5.74) is 9.36. The van der Waals surface area contributed by atoms with Crippen molar-refractivity contribution in [1.29, 1.82) is 0 Å². The minimum atomic E-state index is 0.494. The summed E-state index contributed by atoms with van der Waals surface area (Å²) in [6.45, 7) is 9.16. The predicted octanol–water partition coefficient (Wildman–Crippen LogP) is 2.86. The Hall–Kier alpha value is -1.08. The molecule has 1 aromatic carbocycles. The first-order valence-corrected chi connectivity index (χ1v) is 5.14. The second-order valence-corrected chi connectivity index (χ2v) is 3.88. The lowest BCUT2D eigenvalue weighted by Gasteiger charge is -2.14. The first-order valence-electron chi connectivity index (χ1n) is 5.14. The molecule has 1 rings (SSSR count). The maximum Gasteiger partial charge on any atom is -0.00365 e. The van der Waals surface area contributed by atoms with Crippen molar-refractivity contribution in [2.75, 3.05) is 6.54 Å². The van der Waals surface area contributed by atoms with Gasteiger partial charge in [0.2, 0.25) is 0 Å². The lowest BCUT2D eigenvalue weighted by atomic mass is 9.92. The van der Waals surface area contributed by atoms with Gasteiger partial charge >= 0.3 is 0 Å². The van der Waals surface area contributed by atoms with E-state index in [-0.39, 0.29) is 0 Å². The van der Waals surface area contributed by atoms with Gasteiger partial charge in [0, 0.05) is 0 Å². The molecule has 1 aromatic rings. The third-order valence-electron chi connectivity index (χ3n) is 2.47. The van der Waals surface area contributed by atoms with E-state index in [0.29, 0.717) is 12.5 Å². The molecule has 14 heavy (non-hydrogen) atoms. The number of rotatable bonds is 4. The van der Waals surface area contributed by atoms with Crippen LogP contribution in [0.1, 0.15) is 25.0 Å². The van der Waals surface area contributed by atoms with Crippen LogP contribution >= 0.6 is 0 Å². The fourth-order valence-electron chi connectivity index (χ4n) is 1.52. The van der Waals surface area contributed by atoms with Crippen LogP contribution in [-0.4, -0.2) is 6.54 Å². The van der Waals surface area contributed by atoms with E-state index < -0.39 is 0 Å². The normalized spacial score (nSPS) is 10.6. The summed E-state index contributed by atoms with van der Waals surface area (Å²) in [5, 5.41) is 0. The maximum atomic E-state index is 5.58. The summed E-state index contributed by atoms with van der Waals surface area (Å²) < 4.78 is 0. The molecule has 0 amide bonds. The van der Waals surface area contributed by atoms with Gasteiger partial charge in [-0.1, -0.05) is 44.7 Å². The summed E-state index contributed by atoms with van der Waals surface area (Å²) in [7, 11) is 0. The van der Waals surface area contributed by atoms with Gasteiger partial charge in [-0.3, -0.25) is 0 Å². The van der Waals surface area contributed by atoms with Gasteiger partial charge in [0.25, 0.3) is 0 Å². The van der Waals surface area contributed by atoms with Gasteiger partial charge in [-0.05, 0) is 35.6 Å². The van der Waals surface area contributed by atoms with E-state index in [9.17, 15) is 0 Å². The van der Waals surface area contributed by atoms with Crippen LogP contribution in [0, 0.1) is 5.92 Å². The van der Waals surface area contributed by atoms with E-state index >= 15 is 0 Å². The molecule has 2 N–H and O–H groups in total. The molecule has 76 valence electrons. The molecular weight excluding hydrogens is 170 g/mol. The van der Waals surface area contributed by atoms with Crippen LogP contribution in [0.4, 0.5) is 0 Å². The molecule has 0 saturated heterocycles. The highest BCUT2D eigenvalue weighted by molar-refractivity contribution is 5.67. The Bertz CT molecular complexity index is 313. The van der Waals surface area contributed by atoms with Gasteiger partial charge < -0.3 is 5.73 Å². The van der Waals surface area contributed by atoms with Crippen molar-refractivity contribution in [1.82, 2.24) is 0 Å². The van der Waals surface area contributed by atoms with Crippen LogP contribution in [0.25, 0.3) is 5.57 Å². The van der Waals surface area contributed by atoms with Gasteiger partial charge in [-0.2, -0.15) is 0 Å². The second kappa shape index (κ2) is 4.97. The number of hydrogen-bond donors (Lipinski definition) is 1. The highest BCUT2D eigenvalue weighted by Crippen LogP contribution is 2.24. The zero-order valence-corrected chi connectivity index (χ0v) is 9.09. The Labute approximate surface area is 86.6 Å². The first kappa shape index (κ1) is 11.0. The minimum Gasteiger partial charge on any atom is -0.330 e. The summed E-state index contributed by atoms with van der Waals surface area (Å²) in [5.74, 6) is 0.494. The molecule has 0 saturated carbocycles. The van der Waals surface area contributed by atoms with Crippen LogP contribution in [0.2, 0.25) is 0 Å².